The lowest BCUT2D eigenvalue weighted by molar-refractivity contribution is 0.451. The first-order valence-electron chi connectivity index (χ1n) is 5.81. The maximum absolute atomic E-state index is 9.83. The lowest BCUT2D eigenvalue weighted by Gasteiger charge is -2.19. The second kappa shape index (κ2) is 6.00. The van der Waals surface area contributed by atoms with E-state index < -0.39 is 0 Å². The molecule has 1 unspecified atom stereocenters. The van der Waals surface area contributed by atoms with Crippen LogP contribution >= 0.6 is 34.8 Å². The van der Waals surface area contributed by atoms with E-state index in [4.69, 9.17) is 34.8 Å². The molecule has 0 radical (unpaired) electrons. The fraction of sp³-hybridized carbons (Fsp3) is 0.143. The second-order valence-electron chi connectivity index (χ2n) is 4.35. The molecule has 3 N–H and O–H groups in total. The quantitative estimate of drug-likeness (QED) is 0.674. The van der Waals surface area contributed by atoms with Crippen molar-refractivity contribution in [3.8, 4) is 11.5 Å². The monoisotopic (exact) mass is 331 g/mol. The van der Waals surface area contributed by atoms with E-state index >= 15 is 0 Å². The van der Waals surface area contributed by atoms with Gasteiger partial charge in [0.25, 0.3) is 0 Å². The Morgan fingerprint density at radius 2 is 1.60 bits per heavy atom. The number of hydrogen-bond acceptors (Lipinski definition) is 3. The third-order valence-corrected chi connectivity index (χ3v) is 3.66. The summed E-state index contributed by atoms with van der Waals surface area (Å²) in [4.78, 5) is 0. The van der Waals surface area contributed by atoms with Gasteiger partial charge in [0.1, 0.15) is 11.5 Å². The van der Waals surface area contributed by atoms with Crippen molar-refractivity contribution >= 4 is 40.5 Å². The molecule has 2 rings (SSSR count). The zero-order valence-electron chi connectivity index (χ0n) is 10.5. The summed E-state index contributed by atoms with van der Waals surface area (Å²) >= 11 is 18.0. The zero-order valence-corrected chi connectivity index (χ0v) is 12.8. The SMILES string of the molecule is CC(Nc1c(Cl)cc(Cl)cc1Cl)c1cc(O)ccc1O. The molecule has 0 amide bonds. The lowest BCUT2D eigenvalue weighted by Crippen LogP contribution is -2.07. The van der Waals surface area contributed by atoms with Crippen LogP contribution in [0, 0.1) is 0 Å². The molecule has 2 aromatic carbocycles. The first-order valence-corrected chi connectivity index (χ1v) is 6.95. The van der Waals surface area contributed by atoms with Gasteiger partial charge in [0.15, 0.2) is 0 Å². The normalized spacial score (nSPS) is 12.2. The first kappa shape index (κ1) is 15.1. The van der Waals surface area contributed by atoms with Crippen molar-refractivity contribution in [3.05, 3.63) is 51.0 Å². The third-order valence-electron chi connectivity index (χ3n) is 2.85. The molecule has 0 aromatic heterocycles. The predicted molar refractivity (Wildman–Crippen MR) is 83.3 cm³/mol. The highest BCUT2D eigenvalue weighted by Gasteiger charge is 2.15. The number of benzene rings is 2. The van der Waals surface area contributed by atoms with E-state index in [0.29, 0.717) is 26.3 Å². The van der Waals surface area contributed by atoms with Crippen LogP contribution in [0.25, 0.3) is 0 Å². The highest BCUT2D eigenvalue weighted by atomic mass is 35.5. The summed E-state index contributed by atoms with van der Waals surface area (Å²) < 4.78 is 0. The minimum atomic E-state index is -0.307. The summed E-state index contributed by atoms with van der Waals surface area (Å²) in [5.74, 6) is 0.142. The number of halogens is 3. The van der Waals surface area contributed by atoms with E-state index in [9.17, 15) is 10.2 Å². The van der Waals surface area contributed by atoms with Gasteiger partial charge in [-0.2, -0.15) is 0 Å². The van der Waals surface area contributed by atoms with Crippen molar-refractivity contribution in [3.63, 3.8) is 0 Å². The molecule has 0 fully saturated rings. The van der Waals surface area contributed by atoms with Crippen molar-refractivity contribution in [2.24, 2.45) is 0 Å². The minimum Gasteiger partial charge on any atom is -0.508 e. The van der Waals surface area contributed by atoms with Gasteiger partial charge in [-0.3, -0.25) is 0 Å². The Morgan fingerprint density at radius 3 is 2.20 bits per heavy atom. The van der Waals surface area contributed by atoms with Gasteiger partial charge in [-0.05, 0) is 37.3 Å². The Bertz CT molecular complexity index is 623. The Labute approximate surface area is 131 Å². The van der Waals surface area contributed by atoms with Crippen molar-refractivity contribution in [2.75, 3.05) is 5.32 Å². The first-order chi connectivity index (χ1) is 9.38. The van der Waals surface area contributed by atoms with Gasteiger partial charge < -0.3 is 15.5 Å². The van der Waals surface area contributed by atoms with Crippen LogP contribution in [0.2, 0.25) is 15.1 Å². The number of phenolic OH excluding ortho intramolecular Hbond substituents is 2. The molecule has 6 heteroatoms. The van der Waals surface area contributed by atoms with E-state index in [1.165, 1.54) is 18.2 Å². The Kier molecular flexibility index (Phi) is 4.53. The fourth-order valence-electron chi connectivity index (χ4n) is 1.86. The number of nitrogens with one attached hydrogen (secondary N) is 1. The number of anilines is 1. The maximum Gasteiger partial charge on any atom is 0.121 e. The van der Waals surface area contributed by atoms with Gasteiger partial charge in [0.05, 0.1) is 21.8 Å². The van der Waals surface area contributed by atoms with Crippen LogP contribution in [0.4, 0.5) is 5.69 Å². The summed E-state index contributed by atoms with van der Waals surface area (Å²) in [5, 5.41) is 23.6. The summed E-state index contributed by atoms with van der Waals surface area (Å²) in [6.45, 7) is 1.82. The standard InChI is InChI=1S/C14H12Cl3NO2/c1-7(10-6-9(19)2-3-13(10)20)18-14-11(16)4-8(15)5-12(14)17/h2-7,18-20H,1H3. The van der Waals surface area contributed by atoms with Crippen LogP contribution in [0.5, 0.6) is 11.5 Å². The number of rotatable bonds is 3. The van der Waals surface area contributed by atoms with Gasteiger partial charge in [0, 0.05) is 10.6 Å². The highest BCUT2D eigenvalue weighted by Crippen LogP contribution is 2.37. The Balaban J connectivity index is 2.32. The van der Waals surface area contributed by atoms with Crippen LogP contribution in [-0.4, -0.2) is 10.2 Å². The lowest BCUT2D eigenvalue weighted by atomic mass is 10.1. The number of aromatic hydroxyl groups is 2. The zero-order chi connectivity index (χ0) is 14.9. The molecular formula is C14H12Cl3NO2. The molecule has 0 heterocycles. The van der Waals surface area contributed by atoms with E-state index in [1.54, 1.807) is 12.1 Å². The average molecular weight is 333 g/mol. The summed E-state index contributed by atoms with van der Waals surface area (Å²) in [6, 6.07) is 7.16. The van der Waals surface area contributed by atoms with Crippen molar-refractivity contribution in [1.29, 1.82) is 0 Å². The molecule has 0 aliphatic heterocycles. The van der Waals surface area contributed by atoms with Gasteiger partial charge in [0.2, 0.25) is 0 Å². The molecule has 106 valence electrons. The molecule has 0 saturated carbocycles. The molecule has 20 heavy (non-hydrogen) atoms. The predicted octanol–water partition coefficient (Wildman–Crippen LogP) is 5.23. The highest BCUT2D eigenvalue weighted by molar-refractivity contribution is 6.41. The Morgan fingerprint density at radius 1 is 1.00 bits per heavy atom. The molecule has 1 atom stereocenters. The van der Waals surface area contributed by atoms with Gasteiger partial charge in [-0.15, -0.1) is 0 Å². The van der Waals surface area contributed by atoms with Crippen molar-refractivity contribution in [2.45, 2.75) is 13.0 Å². The van der Waals surface area contributed by atoms with Gasteiger partial charge >= 0.3 is 0 Å². The molecule has 0 spiro atoms. The third kappa shape index (κ3) is 3.23. The minimum absolute atomic E-state index is 0.0692. The fourth-order valence-corrected chi connectivity index (χ4v) is 2.79. The molecular weight excluding hydrogens is 321 g/mol. The topological polar surface area (TPSA) is 52.5 Å². The molecule has 2 aromatic rings. The molecule has 0 aliphatic carbocycles. The smallest absolute Gasteiger partial charge is 0.121 e. The molecule has 3 nitrogen and oxygen atoms in total. The summed E-state index contributed by atoms with van der Waals surface area (Å²) in [6.07, 6.45) is 0. The molecule has 0 bridgehead atoms. The van der Waals surface area contributed by atoms with E-state index in [1.807, 2.05) is 6.92 Å². The maximum atomic E-state index is 9.83. The van der Waals surface area contributed by atoms with E-state index in [2.05, 4.69) is 5.32 Å². The van der Waals surface area contributed by atoms with Crippen molar-refractivity contribution < 1.29 is 10.2 Å². The van der Waals surface area contributed by atoms with E-state index in [-0.39, 0.29) is 17.5 Å². The van der Waals surface area contributed by atoms with Crippen LogP contribution in [0.15, 0.2) is 30.3 Å². The summed E-state index contributed by atoms with van der Waals surface area (Å²) in [7, 11) is 0. The van der Waals surface area contributed by atoms with Gasteiger partial charge in [-0.1, -0.05) is 34.8 Å². The average Bonchev–Trinajstić information content (AvgIpc) is 2.36. The second-order valence-corrected chi connectivity index (χ2v) is 5.60. The molecule has 0 saturated heterocycles. The van der Waals surface area contributed by atoms with Crippen molar-refractivity contribution in [1.82, 2.24) is 0 Å². The largest absolute Gasteiger partial charge is 0.508 e. The van der Waals surface area contributed by atoms with Crippen LogP contribution < -0.4 is 5.32 Å². The number of hydrogen-bond donors (Lipinski definition) is 3. The van der Waals surface area contributed by atoms with Crippen LogP contribution in [0.1, 0.15) is 18.5 Å². The van der Waals surface area contributed by atoms with Gasteiger partial charge in [-0.25, -0.2) is 0 Å². The summed E-state index contributed by atoms with van der Waals surface area (Å²) in [5.41, 5.74) is 1.06. The van der Waals surface area contributed by atoms with E-state index in [0.717, 1.165) is 0 Å². The Hall–Kier alpha value is -1.29. The molecule has 0 aliphatic rings. The van der Waals surface area contributed by atoms with Crippen LogP contribution in [-0.2, 0) is 0 Å². The van der Waals surface area contributed by atoms with Crippen LogP contribution in [0.3, 0.4) is 0 Å². The number of phenols is 2.